The summed E-state index contributed by atoms with van der Waals surface area (Å²) in [5.74, 6) is 1.26. The molecule has 3 heterocycles. The highest BCUT2D eigenvalue weighted by atomic mass is 15.6. The predicted molar refractivity (Wildman–Crippen MR) is 66.0 cm³/mol. The summed E-state index contributed by atoms with van der Waals surface area (Å²) in [4.78, 5) is 5.64. The molecule has 1 atom stereocenters. The minimum Gasteiger partial charge on any atom is -0.316 e. The van der Waals surface area contributed by atoms with Gasteiger partial charge < -0.3 is 5.32 Å². The molecule has 1 aliphatic heterocycles. The second-order valence-corrected chi connectivity index (χ2v) is 4.58. The van der Waals surface area contributed by atoms with Gasteiger partial charge in [0.2, 0.25) is 0 Å². The lowest BCUT2D eigenvalue weighted by atomic mass is 9.99. The molecule has 0 bridgehead atoms. The smallest absolute Gasteiger partial charge is 0.179 e. The molecule has 0 saturated carbocycles. The van der Waals surface area contributed by atoms with Crippen molar-refractivity contribution in [3.8, 4) is 0 Å². The van der Waals surface area contributed by atoms with Gasteiger partial charge in [-0.2, -0.15) is 4.80 Å². The Morgan fingerprint density at radius 3 is 3.00 bits per heavy atom. The van der Waals surface area contributed by atoms with Crippen LogP contribution in [0.15, 0.2) is 24.5 Å². The second kappa shape index (κ2) is 5.22. The lowest BCUT2D eigenvalue weighted by Gasteiger charge is -2.19. The molecular formula is C12H16N6. The van der Waals surface area contributed by atoms with Crippen molar-refractivity contribution in [3.63, 3.8) is 0 Å². The molecule has 0 aliphatic carbocycles. The van der Waals surface area contributed by atoms with Gasteiger partial charge in [0.05, 0.1) is 6.54 Å². The fourth-order valence-corrected chi connectivity index (χ4v) is 2.21. The Morgan fingerprint density at radius 1 is 1.33 bits per heavy atom. The van der Waals surface area contributed by atoms with Gasteiger partial charge in [-0.3, -0.25) is 4.98 Å². The molecule has 2 aromatic heterocycles. The van der Waals surface area contributed by atoms with E-state index in [2.05, 4.69) is 25.7 Å². The topological polar surface area (TPSA) is 68.5 Å². The zero-order valence-corrected chi connectivity index (χ0v) is 10.2. The molecule has 1 fully saturated rings. The largest absolute Gasteiger partial charge is 0.316 e. The van der Waals surface area contributed by atoms with Gasteiger partial charge in [0.25, 0.3) is 0 Å². The number of rotatable bonds is 3. The van der Waals surface area contributed by atoms with Gasteiger partial charge in [-0.1, -0.05) is 0 Å². The summed E-state index contributed by atoms with van der Waals surface area (Å²) in [7, 11) is 0. The SMILES string of the molecule is c1cc(Cn2nnc(C3CCCNC3)n2)ccn1. The molecule has 18 heavy (non-hydrogen) atoms. The average Bonchev–Trinajstić information content (AvgIpc) is 2.89. The van der Waals surface area contributed by atoms with Crippen molar-refractivity contribution in [2.75, 3.05) is 13.1 Å². The summed E-state index contributed by atoms with van der Waals surface area (Å²) in [6, 6.07) is 3.93. The molecule has 1 aliphatic rings. The van der Waals surface area contributed by atoms with Gasteiger partial charge >= 0.3 is 0 Å². The van der Waals surface area contributed by atoms with Crippen LogP contribution < -0.4 is 5.32 Å². The summed E-state index contributed by atoms with van der Waals surface area (Å²) >= 11 is 0. The Kier molecular flexibility index (Phi) is 3.27. The van der Waals surface area contributed by atoms with Crippen LogP contribution in [0.3, 0.4) is 0 Å². The van der Waals surface area contributed by atoms with Crippen LogP contribution in [0.2, 0.25) is 0 Å². The molecule has 6 heteroatoms. The zero-order valence-electron chi connectivity index (χ0n) is 10.2. The first-order chi connectivity index (χ1) is 8.92. The molecule has 1 N–H and O–H groups in total. The first-order valence-electron chi connectivity index (χ1n) is 6.29. The third kappa shape index (κ3) is 2.53. The number of aromatic nitrogens is 5. The van der Waals surface area contributed by atoms with Crippen LogP contribution in [0.25, 0.3) is 0 Å². The Balaban J connectivity index is 1.69. The third-order valence-electron chi connectivity index (χ3n) is 3.20. The molecule has 94 valence electrons. The van der Waals surface area contributed by atoms with Crippen LogP contribution >= 0.6 is 0 Å². The normalized spacial score (nSPS) is 19.9. The number of nitrogens with zero attached hydrogens (tertiary/aromatic N) is 5. The van der Waals surface area contributed by atoms with Crippen molar-refractivity contribution in [2.45, 2.75) is 25.3 Å². The van der Waals surface area contributed by atoms with Crippen molar-refractivity contribution >= 4 is 0 Å². The fourth-order valence-electron chi connectivity index (χ4n) is 2.21. The molecule has 6 nitrogen and oxygen atoms in total. The van der Waals surface area contributed by atoms with E-state index in [9.17, 15) is 0 Å². The summed E-state index contributed by atoms with van der Waals surface area (Å²) in [6.07, 6.45) is 5.88. The van der Waals surface area contributed by atoms with Crippen LogP contribution in [0.1, 0.15) is 30.1 Å². The van der Waals surface area contributed by atoms with Gasteiger partial charge in [0.15, 0.2) is 5.82 Å². The van der Waals surface area contributed by atoms with E-state index in [0.717, 1.165) is 30.9 Å². The summed E-state index contributed by atoms with van der Waals surface area (Å²) in [5, 5.41) is 16.1. The summed E-state index contributed by atoms with van der Waals surface area (Å²) < 4.78 is 0. The van der Waals surface area contributed by atoms with Crippen LogP contribution in [0, 0.1) is 0 Å². The number of hydrogen-bond acceptors (Lipinski definition) is 5. The zero-order chi connectivity index (χ0) is 12.2. The quantitative estimate of drug-likeness (QED) is 0.855. The molecule has 1 unspecified atom stereocenters. The van der Waals surface area contributed by atoms with Gasteiger partial charge in [0, 0.05) is 24.9 Å². The van der Waals surface area contributed by atoms with Crippen molar-refractivity contribution in [3.05, 3.63) is 35.9 Å². The van der Waals surface area contributed by atoms with Gasteiger partial charge in [-0.15, -0.1) is 10.2 Å². The fraction of sp³-hybridized carbons (Fsp3) is 0.500. The summed E-state index contributed by atoms with van der Waals surface area (Å²) in [5.41, 5.74) is 1.13. The molecule has 0 radical (unpaired) electrons. The van der Waals surface area contributed by atoms with Crippen LogP contribution in [-0.2, 0) is 6.54 Å². The second-order valence-electron chi connectivity index (χ2n) is 4.58. The molecule has 0 amide bonds. The van der Waals surface area contributed by atoms with E-state index in [0.29, 0.717) is 12.5 Å². The number of pyridine rings is 1. The minimum atomic E-state index is 0.407. The van der Waals surface area contributed by atoms with Crippen molar-refractivity contribution in [1.29, 1.82) is 0 Å². The molecule has 1 saturated heterocycles. The third-order valence-corrected chi connectivity index (χ3v) is 3.20. The maximum absolute atomic E-state index is 4.46. The van der Waals surface area contributed by atoms with Gasteiger partial charge in [0.1, 0.15) is 0 Å². The van der Waals surface area contributed by atoms with Crippen LogP contribution in [0.4, 0.5) is 0 Å². The first-order valence-corrected chi connectivity index (χ1v) is 6.29. The monoisotopic (exact) mass is 244 g/mol. The first kappa shape index (κ1) is 11.3. The Labute approximate surface area is 105 Å². The number of hydrogen-bond donors (Lipinski definition) is 1. The molecule has 0 aromatic carbocycles. The lowest BCUT2D eigenvalue weighted by Crippen LogP contribution is -2.29. The molecular weight excluding hydrogens is 228 g/mol. The summed E-state index contributed by atoms with van der Waals surface area (Å²) in [6.45, 7) is 2.71. The highest BCUT2D eigenvalue weighted by Crippen LogP contribution is 2.18. The maximum Gasteiger partial charge on any atom is 0.179 e. The van der Waals surface area contributed by atoms with E-state index in [1.807, 2.05) is 12.1 Å². The Bertz CT molecular complexity index is 488. The lowest BCUT2D eigenvalue weighted by molar-refractivity contribution is 0.444. The molecule has 2 aromatic rings. The van der Waals surface area contributed by atoms with Gasteiger partial charge in [-0.05, 0) is 42.3 Å². The van der Waals surface area contributed by atoms with Gasteiger partial charge in [-0.25, -0.2) is 0 Å². The highest BCUT2D eigenvalue weighted by Gasteiger charge is 2.19. The highest BCUT2D eigenvalue weighted by molar-refractivity contribution is 5.09. The predicted octanol–water partition coefficient (Wildman–Crippen LogP) is 0.583. The Morgan fingerprint density at radius 2 is 2.22 bits per heavy atom. The standard InChI is InChI=1S/C12H16N6/c1-2-11(8-14-5-1)12-15-17-18(16-12)9-10-3-6-13-7-4-10/h3-4,6-7,11,14H,1-2,5,8-9H2. The van der Waals surface area contributed by atoms with E-state index in [1.54, 1.807) is 17.2 Å². The average molecular weight is 244 g/mol. The molecule has 3 rings (SSSR count). The number of tetrazole rings is 1. The van der Waals surface area contributed by atoms with E-state index < -0.39 is 0 Å². The van der Waals surface area contributed by atoms with Crippen molar-refractivity contribution in [2.24, 2.45) is 0 Å². The van der Waals surface area contributed by atoms with E-state index in [-0.39, 0.29) is 0 Å². The van der Waals surface area contributed by atoms with Crippen molar-refractivity contribution in [1.82, 2.24) is 30.5 Å². The van der Waals surface area contributed by atoms with Crippen LogP contribution in [0.5, 0.6) is 0 Å². The number of nitrogens with one attached hydrogen (secondary N) is 1. The number of piperidine rings is 1. The van der Waals surface area contributed by atoms with E-state index in [4.69, 9.17) is 0 Å². The van der Waals surface area contributed by atoms with E-state index >= 15 is 0 Å². The maximum atomic E-state index is 4.46. The van der Waals surface area contributed by atoms with Crippen LogP contribution in [-0.4, -0.2) is 38.3 Å². The van der Waals surface area contributed by atoms with Crippen molar-refractivity contribution < 1.29 is 0 Å². The van der Waals surface area contributed by atoms with E-state index in [1.165, 1.54) is 6.42 Å². The minimum absolute atomic E-state index is 0.407. The molecule has 0 spiro atoms. The Hall–Kier alpha value is -1.82.